The number of anilines is 1. The third-order valence-corrected chi connectivity index (χ3v) is 4.22. The standard InChI is InChI=1S/C10H14N2O2S/c1-8-3-4-9(5-11-8)12-6-10(7-12)15(2,13)14/h3-5,10H,6-7H2,1-2H3. The van der Waals surface area contributed by atoms with Crippen LogP contribution in [0.2, 0.25) is 0 Å². The number of hydrogen-bond acceptors (Lipinski definition) is 4. The van der Waals surface area contributed by atoms with Gasteiger partial charge in [0, 0.05) is 25.0 Å². The van der Waals surface area contributed by atoms with Crippen molar-refractivity contribution in [3.8, 4) is 0 Å². The first-order valence-corrected chi connectivity index (χ1v) is 6.79. The smallest absolute Gasteiger partial charge is 0.153 e. The van der Waals surface area contributed by atoms with Crippen LogP contribution >= 0.6 is 0 Å². The maximum Gasteiger partial charge on any atom is 0.153 e. The Labute approximate surface area is 89.9 Å². The summed E-state index contributed by atoms with van der Waals surface area (Å²) in [6, 6.07) is 3.91. The summed E-state index contributed by atoms with van der Waals surface area (Å²) in [6.45, 7) is 3.10. The largest absolute Gasteiger partial charge is 0.368 e. The van der Waals surface area contributed by atoms with Crippen LogP contribution in [0.3, 0.4) is 0 Å². The average Bonchev–Trinajstić information content (AvgIpc) is 2.03. The van der Waals surface area contributed by atoms with Gasteiger partial charge in [0.1, 0.15) is 0 Å². The topological polar surface area (TPSA) is 50.3 Å². The molecule has 1 aliphatic rings. The highest BCUT2D eigenvalue weighted by Gasteiger charge is 2.34. The highest BCUT2D eigenvalue weighted by Crippen LogP contribution is 2.23. The number of aromatic nitrogens is 1. The Morgan fingerprint density at radius 1 is 1.40 bits per heavy atom. The van der Waals surface area contributed by atoms with Gasteiger partial charge >= 0.3 is 0 Å². The number of hydrogen-bond donors (Lipinski definition) is 0. The van der Waals surface area contributed by atoms with Crippen molar-refractivity contribution in [1.82, 2.24) is 4.98 Å². The Bertz CT molecular complexity index is 447. The molecule has 15 heavy (non-hydrogen) atoms. The Morgan fingerprint density at radius 2 is 2.07 bits per heavy atom. The number of aryl methyl sites for hydroxylation is 1. The minimum absolute atomic E-state index is 0.209. The molecule has 1 saturated heterocycles. The van der Waals surface area contributed by atoms with Crippen molar-refractivity contribution in [3.63, 3.8) is 0 Å². The molecule has 1 aliphatic heterocycles. The summed E-state index contributed by atoms with van der Waals surface area (Å²) in [6.07, 6.45) is 3.08. The molecule has 2 rings (SSSR count). The lowest BCUT2D eigenvalue weighted by Gasteiger charge is -2.39. The predicted octanol–water partition coefficient (Wildman–Crippen LogP) is 0.623. The van der Waals surface area contributed by atoms with E-state index in [0.717, 1.165) is 11.4 Å². The Balaban J connectivity index is 2.04. The molecule has 82 valence electrons. The zero-order valence-electron chi connectivity index (χ0n) is 8.84. The molecular formula is C10H14N2O2S. The van der Waals surface area contributed by atoms with Crippen LogP contribution in [-0.4, -0.2) is 38.0 Å². The third kappa shape index (κ3) is 2.12. The molecule has 0 aromatic carbocycles. The normalized spacial score (nSPS) is 17.6. The van der Waals surface area contributed by atoms with Crippen LogP contribution in [0.25, 0.3) is 0 Å². The fraction of sp³-hybridized carbons (Fsp3) is 0.500. The van der Waals surface area contributed by atoms with Crippen LogP contribution in [0.4, 0.5) is 5.69 Å². The second-order valence-corrected chi connectivity index (χ2v) is 6.34. The van der Waals surface area contributed by atoms with Gasteiger partial charge in [0.25, 0.3) is 0 Å². The summed E-state index contributed by atoms with van der Waals surface area (Å²) in [4.78, 5) is 6.20. The van der Waals surface area contributed by atoms with Gasteiger partial charge in [-0.25, -0.2) is 8.42 Å². The van der Waals surface area contributed by atoms with Crippen LogP contribution in [0.1, 0.15) is 5.69 Å². The molecule has 0 aliphatic carbocycles. The zero-order chi connectivity index (χ0) is 11.1. The number of nitrogens with zero attached hydrogens (tertiary/aromatic N) is 2. The quantitative estimate of drug-likeness (QED) is 0.742. The molecule has 2 heterocycles. The second-order valence-electron chi connectivity index (χ2n) is 4.01. The highest BCUT2D eigenvalue weighted by atomic mass is 32.2. The summed E-state index contributed by atoms with van der Waals surface area (Å²) >= 11 is 0. The summed E-state index contributed by atoms with van der Waals surface area (Å²) in [5.74, 6) is 0. The summed E-state index contributed by atoms with van der Waals surface area (Å²) in [5, 5.41) is -0.209. The van der Waals surface area contributed by atoms with Gasteiger partial charge in [-0.3, -0.25) is 4.98 Å². The second kappa shape index (κ2) is 3.48. The maximum atomic E-state index is 11.2. The minimum atomic E-state index is -2.88. The highest BCUT2D eigenvalue weighted by molar-refractivity contribution is 7.91. The van der Waals surface area contributed by atoms with Gasteiger partial charge < -0.3 is 4.90 Å². The van der Waals surface area contributed by atoms with Crippen molar-refractivity contribution in [2.24, 2.45) is 0 Å². The Hall–Kier alpha value is -1.10. The van der Waals surface area contributed by atoms with E-state index in [1.165, 1.54) is 6.26 Å². The van der Waals surface area contributed by atoms with Crippen molar-refractivity contribution in [2.75, 3.05) is 24.2 Å². The van der Waals surface area contributed by atoms with Gasteiger partial charge in [-0.15, -0.1) is 0 Å². The summed E-state index contributed by atoms with van der Waals surface area (Å²) < 4.78 is 22.4. The molecule has 0 atom stereocenters. The molecule has 0 amide bonds. The average molecular weight is 226 g/mol. The molecule has 1 fully saturated rings. The summed E-state index contributed by atoms with van der Waals surface area (Å²) in [5.41, 5.74) is 1.97. The van der Waals surface area contributed by atoms with E-state index in [4.69, 9.17) is 0 Å². The maximum absolute atomic E-state index is 11.2. The van der Waals surface area contributed by atoms with Crippen molar-refractivity contribution >= 4 is 15.5 Å². The zero-order valence-corrected chi connectivity index (χ0v) is 9.66. The van der Waals surface area contributed by atoms with E-state index in [-0.39, 0.29) is 5.25 Å². The van der Waals surface area contributed by atoms with Gasteiger partial charge in [-0.1, -0.05) is 0 Å². The van der Waals surface area contributed by atoms with E-state index < -0.39 is 9.84 Å². The molecular weight excluding hydrogens is 212 g/mol. The van der Waals surface area contributed by atoms with Crippen LogP contribution < -0.4 is 4.90 Å². The molecule has 0 N–H and O–H groups in total. The SMILES string of the molecule is Cc1ccc(N2CC(S(C)(=O)=O)C2)cn1. The van der Waals surface area contributed by atoms with E-state index in [9.17, 15) is 8.42 Å². The monoisotopic (exact) mass is 226 g/mol. The first-order chi connectivity index (χ1) is 6.97. The van der Waals surface area contributed by atoms with Crippen LogP contribution in [0.15, 0.2) is 18.3 Å². The molecule has 0 bridgehead atoms. The lowest BCUT2D eigenvalue weighted by Crippen LogP contribution is -2.54. The first kappa shape index (κ1) is 10.4. The fourth-order valence-electron chi connectivity index (χ4n) is 1.57. The van der Waals surface area contributed by atoms with Crippen LogP contribution in [0, 0.1) is 6.92 Å². The fourth-order valence-corrected chi connectivity index (χ4v) is 2.47. The van der Waals surface area contributed by atoms with Crippen molar-refractivity contribution < 1.29 is 8.42 Å². The lowest BCUT2D eigenvalue weighted by atomic mass is 10.2. The van der Waals surface area contributed by atoms with Gasteiger partial charge in [-0.2, -0.15) is 0 Å². The number of rotatable bonds is 2. The van der Waals surface area contributed by atoms with E-state index in [1.54, 1.807) is 6.20 Å². The number of pyridine rings is 1. The van der Waals surface area contributed by atoms with Gasteiger partial charge in [0.05, 0.1) is 17.1 Å². The molecule has 5 heteroatoms. The van der Waals surface area contributed by atoms with Gasteiger partial charge in [0.2, 0.25) is 0 Å². The molecule has 4 nitrogen and oxygen atoms in total. The predicted molar refractivity (Wildman–Crippen MR) is 59.8 cm³/mol. The molecule has 0 unspecified atom stereocenters. The van der Waals surface area contributed by atoms with E-state index >= 15 is 0 Å². The van der Waals surface area contributed by atoms with Gasteiger partial charge in [-0.05, 0) is 19.1 Å². The van der Waals surface area contributed by atoms with Crippen molar-refractivity contribution in [3.05, 3.63) is 24.0 Å². The Morgan fingerprint density at radius 3 is 2.53 bits per heavy atom. The molecule has 1 aromatic rings. The lowest BCUT2D eigenvalue weighted by molar-refractivity contribution is 0.546. The van der Waals surface area contributed by atoms with Crippen molar-refractivity contribution in [2.45, 2.75) is 12.2 Å². The van der Waals surface area contributed by atoms with E-state index in [0.29, 0.717) is 13.1 Å². The molecule has 1 aromatic heterocycles. The first-order valence-electron chi connectivity index (χ1n) is 4.83. The van der Waals surface area contributed by atoms with E-state index in [1.807, 2.05) is 24.0 Å². The molecule has 0 spiro atoms. The summed E-state index contributed by atoms with van der Waals surface area (Å²) in [7, 11) is -2.88. The number of sulfone groups is 1. The van der Waals surface area contributed by atoms with Crippen molar-refractivity contribution in [1.29, 1.82) is 0 Å². The van der Waals surface area contributed by atoms with Crippen LogP contribution in [0.5, 0.6) is 0 Å². The van der Waals surface area contributed by atoms with E-state index in [2.05, 4.69) is 4.98 Å². The molecule has 0 radical (unpaired) electrons. The minimum Gasteiger partial charge on any atom is -0.368 e. The Kier molecular flexibility index (Phi) is 2.42. The van der Waals surface area contributed by atoms with Crippen LogP contribution in [-0.2, 0) is 9.84 Å². The third-order valence-electron chi connectivity index (χ3n) is 2.71. The molecule has 0 saturated carbocycles. The van der Waals surface area contributed by atoms with Gasteiger partial charge in [0.15, 0.2) is 9.84 Å².